The van der Waals surface area contributed by atoms with Crippen LogP contribution in [0.4, 0.5) is 5.69 Å². The van der Waals surface area contributed by atoms with Gasteiger partial charge in [0.05, 0.1) is 0 Å². The van der Waals surface area contributed by atoms with Gasteiger partial charge in [-0.15, -0.1) is 0 Å². The maximum atomic E-state index is 8.92. The van der Waals surface area contributed by atoms with Crippen LogP contribution in [0.15, 0.2) is 24.3 Å². The molecule has 0 fully saturated rings. The van der Waals surface area contributed by atoms with Crippen LogP contribution in [-0.4, -0.2) is 49.3 Å². The van der Waals surface area contributed by atoms with Crippen LogP contribution in [-0.2, 0) is 0 Å². The molecular formula is C11H19BN2O2. The van der Waals surface area contributed by atoms with Crippen LogP contribution in [0.2, 0.25) is 0 Å². The van der Waals surface area contributed by atoms with Gasteiger partial charge in [-0.25, -0.2) is 0 Å². The van der Waals surface area contributed by atoms with Gasteiger partial charge in [0, 0.05) is 12.2 Å². The minimum Gasteiger partial charge on any atom is -0.423 e. The quantitative estimate of drug-likeness (QED) is 0.458. The van der Waals surface area contributed by atoms with E-state index >= 15 is 0 Å². The predicted octanol–water partition coefficient (Wildman–Crippen LogP) is -0.270. The molecule has 1 rings (SSSR count). The van der Waals surface area contributed by atoms with Crippen molar-refractivity contribution in [2.75, 3.05) is 32.5 Å². The molecule has 1 aromatic carbocycles. The number of rotatable bonds is 6. The summed E-state index contributed by atoms with van der Waals surface area (Å²) >= 11 is 0. The first-order chi connectivity index (χ1) is 7.59. The van der Waals surface area contributed by atoms with Crippen LogP contribution in [0.1, 0.15) is 6.42 Å². The van der Waals surface area contributed by atoms with E-state index in [2.05, 4.69) is 24.3 Å². The van der Waals surface area contributed by atoms with Gasteiger partial charge in [0.1, 0.15) is 0 Å². The number of hydrogen-bond acceptors (Lipinski definition) is 4. The fourth-order valence-electron chi connectivity index (χ4n) is 1.40. The van der Waals surface area contributed by atoms with E-state index in [-0.39, 0.29) is 0 Å². The van der Waals surface area contributed by atoms with Crippen molar-refractivity contribution in [2.24, 2.45) is 0 Å². The van der Waals surface area contributed by atoms with Gasteiger partial charge in [0.2, 0.25) is 0 Å². The first-order valence-corrected chi connectivity index (χ1v) is 5.44. The molecule has 0 atom stereocenters. The van der Waals surface area contributed by atoms with Crippen molar-refractivity contribution in [3.63, 3.8) is 0 Å². The molecule has 16 heavy (non-hydrogen) atoms. The van der Waals surface area contributed by atoms with Gasteiger partial charge in [0.25, 0.3) is 0 Å². The Balaban J connectivity index is 2.32. The molecule has 0 saturated carbocycles. The molecule has 0 unspecified atom stereocenters. The smallest absolute Gasteiger partial charge is 0.423 e. The summed E-state index contributed by atoms with van der Waals surface area (Å²) < 4.78 is 0. The SMILES string of the molecule is CN(C)CCCNc1ccc(B(O)O)cc1. The molecule has 0 aliphatic heterocycles. The highest BCUT2D eigenvalue weighted by molar-refractivity contribution is 6.58. The standard InChI is InChI=1S/C11H19BN2O2/c1-14(2)9-3-8-13-11-6-4-10(5-7-11)12(15)16/h4-7,13,15-16H,3,8-9H2,1-2H3. The van der Waals surface area contributed by atoms with E-state index in [0.717, 1.165) is 25.2 Å². The first kappa shape index (κ1) is 13.0. The van der Waals surface area contributed by atoms with Gasteiger partial charge < -0.3 is 20.3 Å². The van der Waals surface area contributed by atoms with Crippen molar-refractivity contribution in [1.29, 1.82) is 0 Å². The fraction of sp³-hybridized carbons (Fsp3) is 0.455. The lowest BCUT2D eigenvalue weighted by Gasteiger charge is -2.10. The Hall–Kier alpha value is -1.04. The molecule has 0 aliphatic carbocycles. The minimum absolute atomic E-state index is 0.513. The summed E-state index contributed by atoms with van der Waals surface area (Å²) in [5.74, 6) is 0. The molecule has 0 amide bonds. The second-order valence-corrected chi connectivity index (χ2v) is 4.08. The van der Waals surface area contributed by atoms with Crippen LogP contribution in [0.5, 0.6) is 0 Å². The topological polar surface area (TPSA) is 55.7 Å². The van der Waals surface area contributed by atoms with Gasteiger partial charge >= 0.3 is 7.12 Å². The van der Waals surface area contributed by atoms with Gasteiger partial charge in [-0.1, -0.05) is 12.1 Å². The zero-order valence-corrected chi connectivity index (χ0v) is 9.85. The van der Waals surface area contributed by atoms with Gasteiger partial charge in [-0.05, 0) is 44.7 Å². The second kappa shape index (κ2) is 6.53. The second-order valence-electron chi connectivity index (χ2n) is 4.08. The highest BCUT2D eigenvalue weighted by Crippen LogP contribution is 2.04. The van der Waals surface area contributed by atoms with Crippen molar-refractivity contribution in [3.05, 3.63) is 24.3 Å². The zero-order valence-electron chi connectivity index (χ0n) is 9.85. The van der Waals surface area contributed by atoms with E-state index in [1.54, 1.807) is 12.1 Å². The molecule has 0 bridgehead atoms. The average molecular weight is 222 g/mol. The number of nitrogens with zero attached hydrogens (tertiary/aromatic N) is 1. The molecule has 0 heterocycles. The van der Waals surface area contributed by atoms with Crippen molar-refractivity contribution in [1.82, 2.24) is 4.90 Å². The summed E-state index contributed by atoms with van der Waals surface area (Å²) in [7, 11) is 2.72. The highest BCUT2D eigenvalue weighted by Gasteiger charge is 2.09. The van der Waals surface area contributed by atoms with Crippen LogP contribution in [0.25, 0.3) is 0 Å². The van der Waals surface area contributed by atoms with E-state index in [1.165, 1.54) is 0 Å². The molecule has 0 aliphatic rings. The number of benzene rings is 1. The van der Waals surface area contributed by atoms with Crippen molar-refractivity contribution in [2.45, 2.75) is 6.42 Å². The summed E-state index contributed by atoms with van der Waals surface area (Å²) in [5, 5.41) is 21.1. The van der Waals surface area contributed by atoms with E-state index in [0.29, 0.717) is 5.46 Å². The largest absolute Gasteiger partial charge is 0.488 e. The van der Waals surface area contributed by atoms with Crippen molar-refractivity contribution >= 4 is 18.3 Å². The Kier molecular flexibility index (Phi) is 5.32. The van der Waals surface area contributed by atoms with Gasteiger partial charge in [-0.2, -0.15) is 0 Å². The maximum Gasteiger partial charge on any atom is 0.488 e. The lowest BCUT2D eigenvalue weighted by molar-refractivity contribution is 0.405. The normalized spacial score (nSPS) is 10.6. The summed E-state index contributed by atoms with van der Waals surface area (Å²) in [6, 6.07) is 7.12. The minimum atomic E-state index is -1.39. The third kappa shape index (κ3) is 4.66. The highest BCUT2D eigenvalue weighted by atomic mass is 16.4. The molecule has 0 spiro atoms. The zero-order chi connectivity index (χ0) is 12.0. The fourth-order valence-corrected chi connectivity index (χ4v) is 1.40. The molecule has 4 nitrogen and oxygen atoms in total. The number of anilines is 1. The molecular weight excluding hydrogens is 203 g/mol. The molecule has 5 heteroatoms. The molecule has 3 N–H and O–H groups in total. The monoisotopic (exact) mass is 222 g/mol. The van der Waals surface area contributed by atoms with Crippen LogP contribution < -0.4 is 10.8 Å². The van der Waals surface area contributed by atoms with E-state index in [1.807, 2.05) is 12.1 Å². The summed E-state index contributed by atoms with van der Waals surface area (Å²) in [6.07, 6.45) is 1.08. The Morgan fingerprint density at radius 2 is 1.81 bits per heavy atom. The van der Waals surface area contributed by atoms with E-state index in [9.17, 15) is 0 Å². The summed E-state index contributed by atoms with van der Waals surface area (Å²) in [6.45, 7) is 1.97. The van der Waals surface area contributed by atoms with E-state index < -0.39 is 7.12 Å². The number of nitrogens with one attached hydrogen (secondary N) is 1. The van der Waals surface area contributed by atoms with Crippen LogP contribution >= 0.6 is 0 Å². The van der Waals surface area contributed by atoms with E-state index in [4.69, 9.17) is 10.0 Å². The molecule has 88 valence electrons. The lowest BCUT2D eigenvalue weighted by atomic mass is 9.80. The van der Waals surface area contributed by atoms with Crippen molar-refractivity contribution < 1.29 is 10.0 Å². The molecule has 0 aromatic heterocycles. The average Bonchev–Trinajstić information content (AvgIpc) is 2.25. The summed E-state index contributed by atoms with van der Waals surface area (Å²) in [4.78, 5) is 2.15. The Bertz CT molecular complexity index is 301. The Labute approximate surface area is 97.0 Å². The molecule has 0 saturated heterocycles. The third-order valence-corrected chi connectivity index (χ3v) is 2.32. The molecule has 0 radical (unpaired) electrons. The van der Waals surface area contributed by atoms with Crippen LogP contribution in [0, 0.1) is 0 Å². The number of hydrogen-bond donors (Lipinski definition) is 3. The third-order valence-electron chi connectivity index (χ3n) is 2.32. The molecule has 1 aromatic rings. The Morgan fingerprint density at radius 3 is 2.31 bits per heavy atom. The lowest BCUT2D eigenvalue weighted by Crippen LogP contribution is -2.29. The summed E-state index contributed by atoms with van der Waals surface area (Å²) in [5.41, 5.74) is 1.52. The van der Waals surface area contributed by atoms with Crippen molar-refractivity contribution in [3.8, 4) is 0 Å². The first-order valence-electron chi connectivity index (χ1n) is 5.44. The van der Waals surface area contributed by atoms with Gasteiger partial charge in [0.15, 0.2) is 0 Å². The maximum absolute atomic E-state index is 8.92. The van der Waals surface area contributed by atoms with Gasteiger partial charge in [-0.3, -0.25) is 0 Å². The predicted molar refractivity (Wildman–Crippen MR) is 67.9 cm³/mol. The van der Waals surface area contributed by atoms with Crippen LogP contribution in [0.3, 0.4) is 0 Å². The Morgan fingerprint density at radius 1 is 1.19 bits per heavy atom.